The van der Waals surface area contributed by atoms with Crippen LogP contribution in [-0.4, -0.2) is 41.6 Å². The number of hydrogen-bond acceptors (Lipinski definition) is 6. The molecule has 0 aliphatic carbocycles. The molecule has 0 aliphatic heterocycles. The summed E-state index contributed by atoms with van der Waals surface area (Å²) in [4.78, 5) is 17.0. The maximum atomic E-state index is 12.7. The highest BCUT2D eigenvalue weighted by molar-refractivity contribution is 7.91. The molecule has 0 radical (unpaired) electrons. The average molecular weight is 396 g/mol. The van der Waals surface area contributed by atoms with Crippen molar-refractivity contribution in [3.63, 3.8) is 0 Å². The normalized spacial score (nSPS) is 12.0. The number of Topliss-reactive ketones (excluding diaryl/α,β-unsaturated/α-hetero) is 1. The lowest BCUT2D eigenvalue weighted by atomic mass is 10.1. The van der Waals surface area contributed by atoms with Gasteiger partial charge in [-0.3, -0.25) is 9.36 Å². The molecule has 3 rings (SSSR count). The van der Waals surface area contributed by atoms with Crippen molar-refractivity contribution in [3.05, 3.63) is 52.1 Å². The number of thiazole rings is 1. The number of thiophene rings is 1. The first kappa shape index (κ1) is 18.0. The first-order valence-corrected chi connectivity index (χ1v) is 10.6. The van der Waals surface area contributed by atoms with E-state index in [0.717, 1.165) is 32.2 Å². The lowest BCUT2D eigenvalue weighted by Gasteiger charge is -2.15. The molecule has 3 aromatic rings. The molecule has 0 N–H and O–H groups in total. The van der Waals surface area contributed by atoms with Gasteiger partial charge in [0.15, 0.2) is 10.9 Å². The molecule has 25 heavy (non-hydrogen) atoms. The summed E-state index contributed by atoms with van der Waals surface area (Å²) in [5.41, 5.74) is 2.17. The zero-order valence-electron chi connectivity index (χ0n) is 14.0. The Bertz CT molecular complexity index is 987. The minimum Gasteiger partial charge on any atom is -0.294 e. The molecule has 0 bridgehead atoms. The van der Waals surface area contributed by atoms with Gasteiger partial charge < -0.3 is 0 Å². The Labute approximate surface area is 154 Å². The van der Waals surface area contributed by atoms with Crippen molar-refractivity contribution >= 4 is 38.5 Å². The Hall–Kier alpha value is -1.81. The van der Waals surface area contributed by atoms with E-state index in [1.807, 2.05) is 23.8 Å². The summed E-state index contributed by atoms with van der Waals surface area (Å²) in [6.45, 7) is 3.54. The van der Waals surface area contributed by atoms with Crippen molar-refractivity contribution in [1.29, 1.82) is 0 Å². The van der Waals surface area contributed by atoms with Crippen molar-refractivity contribution < 1.29 is 13.2 Å². The maximum absolute atomic E-state index is 12.7. The van der Waals surface area contributed by atoms with Crippen LogP contribution in [0.25, 0.3) is 5.13 Å². The van der Waals surface area contributed by atoms with E-state index in [1.54, 1.807) is 23.7 Å². The van der Waals surface area contributed by atoms with Gasteiger partial charge in [0.1, 0.15) is 4.21 Å². The predicted molar refractivity (Wildman–Crippen MR) is 99.4 cm³/mol. The third-order valence-corrected chi connectivity index (χ3v) is 7.80. The highest BCUT2D eigenvalue weighted by atomic mass is 32.2. The number of likely N-dealkylation sites (N-methyl/N-ethyl adjacent to an activating group) is 1. The minimum absolute atomic E-state index is 0.206. The SMILES string of the molecule is Cc1cc(C(=O)CN(C)S(=O)(=O)c2cccs2)c(C)n1-c1nccs1. The number of carbonyl (C=O) groups excluding carboxylic acids is 1. The van der Waals surface area contributed by atoms with Gasteiger partial charge in [0, 0.05) is 35.6 Å². The zero-order chi connectivity index (χ0) is 18.2. The molecule has 0 unspecified atom stereocenters. The van der Waals surface area contributed by atoms with E-state index >= 15 is 0 Å². The van der Waals surface area contributed by atoms with E-state index in [-0.39, 0.29) is 16.5 Å². The van der Waals surface area contributed by atoms with Gasteiger partial charge in [-0.2, -0.15) is 4.31 Å². The summed E-state index contributed by atoms with van der Waals surface area (Å²) >= 11 is 2.62. The van der Waals surface area contributed by atoms with Crippen molar-refractivity contribution in [2.45, 2.75) is 18.1 Å². The second-order valence-corrected chi connectivity index (χ2v) is 9.64. The number of hydrogen-bond donors (Lipinski definition) is 0. The van der Waals surface area contributed by atoms with Gasteiger partial charge in [-0.15, -0.1) is 22.7 Å². The van der Waals surface area contributed by atoms with Gasteiger partial charge in [0.25, 0.3) is 10.0 Å². The summed E-state index contributed by atoms with van der Waals surface area (Å²) in [6, 6.07) is 4.99. The van der Waals surface area contributed by atoms with Gasteiger partial charge in [-0.05, 0) is 31.4 Å². The van der Waals surface area contributed by atoms with Crippen LogP contribution in [0.1, 0.15) is 21.7 Å². The number of aryl methyl sites for hydroxylation is 1. The van der Waals surface area contributed by atoms with Crippen LogP contribution >= 0.6 is 22.7 Å². The van der Waals surface area contributed by atoms with Crippen LogP contribution in [0.15, 0.2) is 39.4 Å². The first-order chi connectivity index (χ1) is 11.8. The summed E-state index contributed by atoms with van der Waals surface area (Å²) in [6.07, 6.45) is 1.71. The van der Waals surface area contributed by atoms with E-state index in [4.69, 9.17) is 0 Å². The number of rotatable bonds is 6. The topological polar surface area (TPSA) is 72.3 Å². The number of nitrogens with zero attached hydrogens (tertiary/aromatic N) is 3. The standard InChI is InChI=1S/C16H17N3O3S3/c1-11-9-13(12(2)19(11)16-17-6-8-24-16)14(20)10-18(3)25(21,22)15-5-4-7-23-15/h4-9H,10H2,1-3H3. The van der Waals surface area contributed by atoms with Gasteiger partial charge in [0.05, 0.1) is 6.54 Å². The van der Waals surface area contributed by atoms with Crippen molar-refractivity contribution in [3.8, 4) is 5.13 Å². The van der Waals surface area contributed by atoms with E-state index < -0.39 is 10.0 Å². The molecule has 132 valence electrons. The van der Waals surface area contributed by atoms with Crippen LogP contribution in [0.5, 0.6) is 0 Å². The number of carbonyl (C=O) groups is 1. The van der Waals surface area contributed by atoms with Crippen LogP contribution in [0.4, 0.5) is 0 Å². The molecule has 6 nitrogen and oxygen atoms in total. The second-order valence-electron chi connectivity index (χ2n) is 5.55. The van der Waals surface area contributed by atoms with Crippen molar-refractivity contribution in [2.24, 2.45) is 0 Å². The summed E-state index contributed by atoms with van der Waals surface area (Å²) < 4.78 is 28.2. The molecular formula is C16H17N3O3S3. The molecule has 0 amide bonds. The van der Waals surface area contributed by atoms with Crippen LogP contribution in [0.2, 0.25) is 0 Å². The average Bonchev–Trinajstić information content (AvgIpc) is 3.28. The Balaban J connectivity index is 1.86. The van der Waals surface area contributed by atoms with Gasteiger partial charge in [-0.1, -0.05) is 6.07 Å². The Morgan fingerprint density at radius 2 is 2.04 bits per heavy atom. The van der Waals surface area contributed by atoms with Gasteiger partial charge >= 0.3 is 0 Å². The van der Waals surface area contributed by atoms with Crippen LogP contribution < -0.4 is 0 Å². The zero-order valence-corrected chi connectivity index (χ0v) is 16.4. The molecule has 0 atom stereocenters. The fourth-order valence-corrected chi connectivity index (χ4v) is 5.68. The number of ketones is 1. The summed E-state index contributed by atoms with van der Waals surface area (Å²) in [5, 5.41) is 4.36. The maximum Gasteiger partial charge on any atom is 0.252 e. The van der Waals surface area contributed by atoms with Crippen LogP contribution in [0.3, 0.4) is 0 Å². The molecule has 0 aromatic carbocycles. The van der Waals surface area contributed by atoms with Crippen molar-refractivity contribution in [1.82, 2.24) is 13.9 Å². The third kappa shape index (κ3) is 3.32. The molecule has 0 saturated carbocycles. The van der Waals surface area contributed by atoms with Gasteiger partial charge in [-0.25, -0.2) is 13.4 Å². The highest BCUT2D eigenvalue weighted by Gasteiger charge is 2.26. The highest BCUT2D eigenvalue weighted by Crippen LogP contribution is 2.24. The number of sulfonamides is 1. The third-order valence-electron chi connectivity index (χ3n) is 3.87. The first-order valence-electron chi connectivity index (χ1n) is 7.44. The van der Waals surface area contributed by atoms with Crippen LogP contribution in [0, 0.1) is 13.8 Å². The fourth-order valence-electron chi connectivity index (χ4n) is 2.60. The molecular weight excluding hydrogens is 378 g/mol. The van der Waals surface area contributed by atoms with Gasteiger partial charge in [0.2, 0.25) is 0 Å². The Kier molecular flexibility index (Phi) is 4.92. The van der Waals surface area contributed by atoms with E-state index in [9.17, 15) is 13.2 Å². The molecule has 3 aromatic heterocycles. The minimum atomic E-state index is -3.64. The molecule has 0 aliphatic rings. The monoisotopic (exact) mass is 395 g/mol. The predicted octanol–water partition coefficient (Wildman–Crippen LogP) is 3.12. The second kappa shape index (κ2) is 6.83. The lowest BCUT2D eigenvalue weighted by molar-refractivity contribution is 0.0972. The molecule has 0 fully saturated rings. The molecule has 0 spiro atoms. The smallest absolute Gasteiger partial charge is 0.252 e. The van der Waals surface area contributed by atoms with E-state index in [0.29, 0.717) is 5.56 Å². The quantitative estimate of drug-likeness (QED) is 0.601. The summed E-state index contributed by atoms with van der Waals surface area (Å²) in [5.74, 6) is -0.237. The Morgan fingerprint density at radius 3 is 2.64 bits per heavy atom. The fraction of sp³-hybridized carbons (Fsp3) is 0.250. The molecule has 3 heterocycles. The number of aromatic nitrogens is 2. The largest absolute Gasteiger partial charge is 0.294 e. The van der Waals surface area contributed by atoms with E-state index in [2.05, 4.69) is 4.98 Å². The Morgan fingerprint density at radius 1 is 1.28 bits per heavy atom. The molecule has 9 heteroatoms. The molecule has 0 saturated heterocycles. The summed E-state index contributed by atoms with van der Waals surface area (Å²) in [7, 11) is -2.22. The lowest BCUT2D eigenvalue weighted by Crippen LogP contribution is -2.32. The van der Waals surface area contributed by atoms with Crippen LogP contribution in [-0.2, 0) is 10.0 Å². The van der Waals surface area contributed by atoms with Crippen molar-refractivity contribution in [2.75, 3.05) is 13.6 Å². The van der Waals surface area contributed by atoms with E-state index in [1.165, 1.54) is 24.5 Å².